The Hall–Kier alpha value is -1.59. The van der Waals surface area contributed by atoms with Crippen LogP contribution < -0.4 is 5.32 Å². The van der Waals surface area contributed by atoms with Gasteiger partial charge < -0.3 is 10.1 Å². The van der Waals surface area contributed by atoms with E-state index in [-0.39, 0.29) is 11.7 Å². The summed E-state index contributed by atoms with van der Waals surface area (Å²) in [5.74, 6) is 0.0361. The Morgan fingerprint density at radius 1 is 1.38 bits per heavy atom. The van der Waals surface area contributed by atoms with Gasteiger partial charge in [-0.05, 0) is 17.7 Å². The first-order valence-corrected chi connectivity index (χ1v) is 7.90. The molecule has 2 aromatic rings. The number of para-hydroxylation sites is 1. The molecule has 0 fully saturated rings. The van der Waals surface area contributed by atoms with Crippen LogP contribution in [0.1, 0.15) is 19.4 Å². The second-order valence-electron chi connectivity index (χ2n) is 5.05. The topological polar surface area (TPSA) is 51.2 Å². The fraction of sp³-hybridized carbons (Fsp3) is 0.375. The fourth-order valence-corrected chi connectivity index (χ4v) is 2.75. The van der Waals surface area contributed by atoms with Gasteiger partial charge in [0, 0.05) is 18.0 Å². The quantitative estimate of drug-likeness (QED) is 0.657. The summed E-state index contributed by atoms with van der Waals surface area (Å²) >= 11 is 1.42. The summed E-state index contributed by atoms with van der Waals surface area (Å²) in [6.45, 7) is 4.95. The van der Waals surface area contributed by atoms with Gasteiger partial charge in [-0.15, -0.1) is 0 Å². The van der Waals surface area contributed by atoms with Crippen molar-refractivity contribution in [1.29, 1.82) is 0 Å². The molecule has 0 aliphatic carbocycles. The zero-order valence-corrected chi connectivity index (χ0v) is 13.4. The molecule has 0 saturated heterocycles. The zero-order chi connectivity index (χ0) is 15.2. The third-order valence-corrected chi connectivity index (χ3v) is 4.03. The molecule has 2 rings (SSSR count). The van der Waals surface area contributed by atoms with E-state index in [2.05, 4.69) is 36.3 Å². The summed E-state index contributed by atoms with van der Waals surface area (Å²) in [5.41, 5.74) is 2.05. The minimum Gasteiger partial charge on any atom is -0.468 e. The molecule has 0 radical (unpaired) electrons. The van der Waals surface area contributed by atoms with Gasteiger partial charge in [-0.2, -0.15) is 0 Å². The smallest absolute Gasteiger partial charge is 0.316 e. The normalized spacial score (nSPS) is 11.0. The SMILES string of the molecule is COC(=O)CSc1nc2ccccc2cc1CNC(C)C. The molecule has 21 heavy (non-hydrogen) atoms. The molecule has 1 heterocycles. The molecular weight excluding hydrogens is 284 g/mol. The maximum Gasteiger partial charge on any atom is 0.316 e. The minimum absolute atomic E-state index is 0.238. The Kier molecular flexibility index (Phi) is 5.59. The highest BCUT2D eigenvalue weighted by Crippen LogP contribution is 2.25. The summed E-state index contributed by atoms with van der Waals surface area (Å²) < 4.78 is 4.69. The number of nitrogens with one attached hydrogen (secondary N) is 1. The number of carbonyl (C=O) groups is 1. The van der Waals surface area contributed by atoms with Crippen molar-refractivity contribution in [2.24, 2.45) is 0 Å². The molecule has 1 aromatic carbocycles. The Labute approximate surface area is 129 Å². The first-order valence-electron chi connectivity index (χ1n) is 6.92. The molecule has 0 atom stereocenters. The van der Waals surface area contributed by atoms with Crippen LogP contribution in [-0.2, 0) is 16.1 Å². The average Bonchev–Trinajstić information content (AvgIpc) is 2.49. The summed E-state index contributed by atoms with van der Waals surface area (Å²) in [4.78, 5) is 16.0. The van der Waals surface area contributed by atoms with Crippen LogP contribution in [-0.4, -0.2) is 29.9 Å². The highest BCUT2D eigenvalue weighted by molar-refractivity contribution is 7.99. The van der Waals surface area contributed by atoms with Crippen LogP contribution in [0.2, 0.25) is 0 Å². The van der Waals surface area contributed by atoms with E-state index < -0.39 is 0 Å². The van der Waals surface area contributed by atoms with Crippen LogP contribution >= 0.6 is 11.8 Å². The standard InChI is InChI=1S/C16H20N2O2S/c1-11(2)17-9-13-8-12-6-4-5-7-14(12)18-16(13)21-10-15(19)20-3/h4-8,11,17H,9-10H2,1-3H3. The highest BCUT2D eigenvalue weighted by Gasteiger charge is 2.10. The maximum absolute atomic E-state index is 11.3. The Bertz CT molecular complexity index is 629. The van der Waals surface area contributed by atoms with Gasteiger partial charge in [-0.25, -0.2) is 4.98 Å². The van der Waals surface area contributed by atoms with Gasteiger partial charge in [0.05, 0.1) is 18.4 Å². The molecule has 112 valence electrons. The maximum atomic E-state index is 11.3. The number of aromatic nitrogens is 1. The van der Waals surface area contributed by atoms with Gasteiger partial charge in [0.1, 0.15) is 5.03 Å². The number of carbonyl (C=O) groups excluding carboxylic acids is 1. The van der Waals surface area contributed by atoms with E-state index in [1.807, 2.05) is 18.2 Å². The number of nitrogens with zero attached hydrogens (tertiary/aromatic N) is 1. The molecule has 0 saturated carbocycles. The molecule has 0 aliphatic heterocycles. The minimum atomic E-state index is -0.238. The van der Waals surface area contributed by atoms with Gasteiger partial charge in [-0.1, -0.05) is 43.8 Å². The number of hydrogen-bond donors (Lipinski definition) is 1. The third-order valence-electron chi connectivity index (χ3n) is 3.02. The van der Waals surface area contributed by atoms with E-state index in [1.54, 1.807) is 0 Å². The lowest BCUT2D eigenvalue weighted by atomic mass is 10.1. The van der Waals surface area contributed by atoms with E-state index >= 15 is 0 Å². The van der Waals surface area contributed by atoms with Crippen LogP contribution in [0.4, 0.5) is 0 Å². The molecule has 0 spiro atoms. The molecule has 4 nitrogen and oxygen atoms in total. The lowest BCUT2D eigenvalue weighted by Gasteiger charge is -2.13. The van der Waals surface area contributed by atoms with Gasteiger partial charge in [0.2, 0.25) is 0 Å². The van der Waals surface area contributed by atoms with E-state index in [0.717, 1.165) is 28.0 Å². The van der Waals surface area contributed by atoms with E-state index in [0.29, 0.717) is 6.04 Å². The van der Waals surface area contributed by atoms with Crippen LogP contribution in [0.15, 0.2) is 35.4 Å². The lowest BCUT2D eigenvalue weighted by Crippen LogP contribution is -2.22. The van der Waals surface area contributed by atoms with Crippen molar-refractivity contribution in [2.75, 3.05) is 12.9 Å². The largest absolute Gasteiger partial charge is 0.468 e. The van der Waals surface area contributed by atoms with Gasteiger partial charge in [-0.3, -0.25) is 4.79 Å². The number of hydrogen-bond acceptors (Lipinski definition) is 5. The first-order chi connectivity index (χ1) is 10.1. The summed E-state index contributed by atoms with van der Waals surface area (Å²) in [6.07, 6.45) is 0. The average molecular weight is 304 g/mol. The molecular formula is C16H20N2O2S. The predicted molar refractivity (Wildman–Crippen MR) is 86.5 cm³/mol. The monoisotopic (exact) mass is 304 g/mol. The van der Waals surface area contributed by atoms with Crippen LogP contribution in [0.25, 0.3) is 10.9 Å². The van der Waals surface area contributed by atoms with Crippen molar-refractivity contribution in [1.82, 2.24) is 10.3 Å². The number of methoxy groups -OCH3 is 1. The Balaban J connectivity index is 2.29. The van der Waals surface area contributed by atoms with Crippen LogP contribution in [0.5, 0.6) is 0 Å². The van der Waals surface area contributed by atoms with Crippen molar-refractivity contribution in [2.45, 2.75) is 31.5 Å². The number of rotatable bonds is 6. The van der Waals surface area contributed by atoms with Crippen molar-refractivity contribution in [3.8, 4) is 0 Å². The van der Waals surface area contributed by atoms with Crippen molar-refractivity contribution >= 4 is 28.6 Å². The fourth-order valence-electron chi connectivity index (χ4n) is 1.89. The van der Waals surface area contributed by atoms with E-state index in [1.165, 1.54) is 18.9 Å². The Morgan fingerprint density at radius 3 is 2.86 bits per heavy atom. The molecule has 0 unspecified atom stereocenters. The van der Waals surface area contributed by atoms with E-state index in [4.69, 9.17) is 4.74 Å². The Morgan fingerprint density at radius 2 is 2.14 bits per heavy atom. The lowest BCUT2D eigenvalue weighted by molar-refractivity contribution is -0.137. The van der Waals surface area contributed by atoms with Gasteiger partial charge >= 0.3 is 5.97 Å². The summed E-state index contributed by atoms with van der Waals surface area (Å²) in [5, 5.41) is 5.39. The van der Waals surface area contributed by atoms with Crippen LogP contribution in [0, 0.1) is 0 Å². The van der Waals surface area contributed by atoms with Crippen molar-refractivity contribution in [3.05, 3.63) is 35.9 Å². The summed E-state index contributed by atoms with van der Waals surface area (Å²) in [6, 6.07) is 10.5. The zero-order valence-electron chi connectivity index (χ0n) is 12.6. The highest BCUT2D eigenvalue weighted by atomic mass is 32.2. The molecule has 0 bridgehead atoms. The number of thioether (sulfide) groups is 1. The van der Waals surface area contributed by atoms with E-state index in [9.17, 15) is 4.79 Å². The van der Waals surface area contributed by atoms with Crippen molar-refractivity contribution < 1.29 is 9.53 Å². The predicted octanol–water partition coefficient (Wildman–Crippen LogP) is 3.00. The van der Waals surface area contributed by atoms with Gasteiger partial charge in [0.15, 0.2) is 0 Å². The number of pyridine rings is 1. The molecule has 0 aliphatic rings. The molecule has 0 amide bonds. The van der Waals surface area contributed by atoms with Crippen LogP contribution in [0.3, 0.4) is 0 Å². The third kappa shape index (κ3) is 4.44. The number of fused-ring (bicyclic) bond motifs is 1. The summed E-state index contributed by atoms with van der Waals surface area (Å²) in [7, 11) is 1.40. The van der Waals surface area contributed by atoms with Gasteiger partial charge in [0.25, 0.3) is 0 Å². The second-order valence-corrected chi connectivity index (χ2v) is 6.01. The molecule has 1 aromatic heterocycles. The second kappa shape index (κ2) is 7.43. The van der Waals surface area contributed by atoms with Crippen molar-refractivity contribution in [3.63, 3.8) is 0 Å². The number of benzene rings is 1. The number of ether oxygens (including phenoxy) is 1. The number of esters is 1. The molecule has 1 N–H and O–H groups in total. The molecule has 5 heteroatoms. The first kappa shape index (κ1) is 15.8.